The van der Waals surface area contributed by atoms with Crippen molar-refractivity contribution in [2.45, 2.75) is 13.1 Å². The van der Waals surface area contributed by atoms with Crippen LogP contribution >= 0.6 is 7.92 Å². The highest BCUT2D eigenvalue weighted by Crippen LogP contribution is 2.36. The van der Waals surface area contributed by atoms with Crippen LogP contribution in [-0.2, 0) is 0 Å². The van der Waals surface area contributed by atoms with E-state index in [2.05, 4.69) is 122 Å². The molecule has 28 heavy (non-hydrogen) atoms. The highest BCUT2D eigenvalue weighted by molar-refractivity contribution is 7.80. The van der Waals surface area contributed by atoms with Crippen molar-refractivity contribution < 1.29 is 0 Å². The zero-order valence-corrected chi connectivity index (χ0v) is 18.2. The van der Waals surface area contributed by atoms with Crippen molar-refractivity contribution in [3.63, 3.8) is 0 Å². The molecule has 1 radical (unpaired) electrons. The summed E-state index contributed by atoms with van der Waals surface area (Å²) in [6, 6.07) is 39.9. The van der Waals surface area contributed by atoms with Crippen LogP contribution in [0.15, 0.2) is 109 Å². The van der Waals surface area contributed by atoms with Gasteiger partial charge in [0.15, 0.2) is 0 Å². The van der Waals surface area contributed by atoms with E-state index in [0.717, 1.165) is 0 Å². The third kappa shape index (κ3) is 3.87. The van der Waals surface area contributed by atoms with Gasteiger partial charge in [0.05, 0.1) is 8.80 Å². The number of hydrogen-bond acceptors (Lipinski definition) is 0. The first-order valence-corrected chi connectivity index (χ1v) is 13.5. The molecule has 2 heteroatoms. The topological polar surface area (TPSA) is 0 Å². The first-order chi connectivity index (χ1) is 13.8. The maximum atomic E-state index is 2.38. The van der Waals surface area contributed by atoms with Gasteiger partial charge in [-0.25, -0.2) is 0 Å². The lowest BCUT2D eigenvalue weighted by Crippen LogP contribution is -2.27. The van der Waals surface area contributed by atoms with E-state index in [-0.39, 0.29) is 0 Å². The highest BCUT2D eigenvalue weighted by Gasteiger charge is 2.21. The minimum atomic E-state index is -0.611. The van der Waals surface area contributed by atoms with Gasteiger partial charge in [-0.15, -0.1) is 0 Å². The van der Waals surface area contributed by atoms with Crippen LogP contribution in [0.25, 0.3) is 11.1 Å². The summed E-state index contributed by atoms with van der Waals surface area (Å²) in [6.07, 6.45) is 0. The molecule has 0 heterocycles. The normalized spacial score (nSPS) is 11.1. The second-order valence-electron chi connectivity index (χ2n) is 7.07. The second kappa shape index (κ2) is 8.69. The van der Waals surface area contributed by atoms with E-state index < -0.39 is 16.7 Å². The van der Waals surface area contributed by atoms with Gasteiger partial charge in [-0.2, -0.15) is 0 Å². The number of hydrogen-bond donors (Lipinski definition) is 0. The molecule has 0 bridgehead atoms. The van der Waals surface area contributed by atoms with Gasteiger partial charge in [0.1, 0.15) is 0 Å². The standard InChI is InChI=1S/C26H24PSi/c1-28(2)26-20-12-10-18-24(26)23-17-9-11-19-25(23)27(21-13-5-3-6-14-21)22-15-7-4-8-16-22/h3-20H,1-2H3. The second-order valence-corrected chi connectivity index (χ2v) is 11.8. The van der Waals surface area contributed by atoms with Gasteiger partial charge in [0.2, 0.25) is 0 Å². The van der Waals surface area contributed by atoms with Gasteiger partial charge in [0, 0.05) is 0 Å². The molecule has 4 rings (SSSR count). The molecule has 4 aromatic rings. The summed E-state index contributed by atoms with van der Waals surface area (Å²) in [5.41, 5.74) is 2.78. The highest BCUT2D eigenvalue weighted by atomic mass is 31.1. The monoisotopic (exact) mass is 395 g/mol. The van der Waals surface area contributed by atoms with E-state index in [1.54, 1.807) is 0 Å². The molecule has 137 valence electrons. The Hall–Kier alpha value is -2.47. The lowest BCUT2D eigenvalue weighted by molar-refractivity contribution is 1.66. The van der Waals surface area contributed by atoms with Gasteiger partial charge in [-0.1, -0.05) is 127 Å². The molecule has 0 aliphatic carbocycles. The van der Waals surface area contributed by atoms with E-state index in [0.29, 0.717) is 0 Å². The fraction of sp³-hybridized carbons (Fsp3) is 0.0769. The van der Waals surface area contributed by atoms with Crippen LogP contribution in [0.2, 0.25) is 13.1 Å². The quantitative estimate of drug-likeness (QED) is 0.327. The van der Waals surface area contributed by atoms with Gasteiger partial charge in [-0.3, -0.25) is 0 Å². The van der Waals surface area contributed by atoms with Crippen LogP contribution < -0.4 is 21.1 Å². The average molecular weight is 396 g/mol. The molecule has 0 amide bonds. The third-order valence-electron chi connectivity index (χ3n) is 4.93. The lowest BCUT2D eigenvalue weighted by Gasteiger charge is -2.23. The van der Waals surface area contributed by atoms with E-state index in [1.165, 1.54) is 32.2 Å². The van der Waals surface area contributed by atoms with Crippen molar-refractivity contribution in [2.24, 2.45) is 0 Å². The fourth-order valence-corrected chi connectivity index (χ4v) is 7.28. The minimum absolute atomic E-state index is 0.552. The molecule has 0 aliphatic heterocycles. The SMILES string of the molecule is C[Si](C)c1ccccc1-c1ccccc1P(c1ccccc1)c1ccccc1. The summed E-state index contributed by atoms with van der Waals surface area (Å²) in [5.74, 6) is 0. The Labute approximate surface area is 171 Å². The zero-order chi connectivity index (χ0) is 19.3. The average Bonchev–Trinajstić information content (AvgIpc) is 2.76. The molecule has 0 saturated carbocycles. The van der Waals surface area contributed by atoms with Crippen LogP contribution in [0.3, 0.4) is 0 Å². The molecule has 0 fully saturated rings. The first-order valence-electron chi connectivity index (χ1n) is 9.65. The van der Waals surface area contributed by atoms with Crippen LogP contribution in [0, 0.1) is 0 Å². The van der Waals surface area contributed by atoms with E-state index in [1.807, 2.05) is 0 Å². The number of rotatable bonds is 5. The van der Waals surface area contributed by atoms with Crippen molar-refractivity contribution in [3.05, 3.63) is 109 Å². The van der Waals surface area contributed by atoms with Crippen molar-refractivity contribution >= 4 is 37.8 Å². The van der Waals surface area contributed by atoms with Crippen LogP contribution in [0.4, 0.5) is 0 Å². The van der Waals surface area contributed by atoms with Gasteiger partial charge in [-0.05, 0) is 35.0 Å². The Morgan fingerprint density at radius 1 is 0.500 bits per heavy atom. The van der Waals surface area contributed by atoms with Crippen molar-refractivity contribution in [1.82, 2.24) is 0 Å². The minimum Gasteiger partial charge on any atom is -0.0671 e. The molecular formula is C26H24PSi. The zero-order valence-electron chi connectivity index (χ0n) is 16.3. The van der Waals surface area contributed by atoms with Crippen molar-refractivity contribution in [1.29, 1.82) is 0 Å². The maximum absolute atomic E-state index is 2.38. The molecule has 0 unspecified atom stereocenters. The summed E-state index contributed by atoms with van der Waals surface area (Å²) in [4.78, 5) is 0. The molecule has 0 atom stereocenters. The van der Waals surface area contributed by atoms with E-state index >= 15 is 0 Å². The smallest absolute Gasteiger partial charge is 0.0671 e. The lowest BCUT2D eigenvalue weighted by atomic mass is 10.1. The van der Waals surface area contributed by atoms with Crippen molar-refractivity contribution in [3.8, 4) is 11.1 Å². The Morgan fingerprint density at radius 3 is 1.54 bits per heavy atom. The van der Waals surface area contributed by atoms with Crippen LogP contribution in [0.5, 0.6) is 0 Å². The summed E-state index contributed by atoms with van der Waals surface area (Å²) in [5, 5.41) is 5.74. The van der Waals surface area contributed by atoms with Gasteiger partial charge in [0.25, 0.3) is 0 Å². The molecule has 0 nitrogen and oxygen atoms in total. The van der Waals surface area contributed by atoms with Crippen LogP contribution in [0.1, 0.15) is 0 Å². The first kappa shape index (κ1) is 18.9. The van der Waals surface area contributed by atoms with Gasteiger partial charge >= 0.3 is 0 Å². The predicted molar refractivity (Wildman–Crippen MR) is 128 cm³/mol. The van der Waals surface area contributed by atoms with Crippen molar-refractivity contribution in [2.75, 3.05) is 0 Å². The number of benzene rings is 4. The molecule has 4 aromatic carbocycles. The summed E-state index contributed by atoms with van der Waals surface area (Å²) < 4.78 is 0. The van der Waals surface area contributed by atoms with E-state index in [4.69, 9.17) is 0 Å². The molecule has 0 saturated heterocycles. The molecule has 0 aliphatic rings. The molecule has 0 N–H and O–H groups in total. The van der Waals surface area contributed by atoms with E-state index in [9.17, 15) is 0 Å². The molecule has 0 spiro atoms. The third-order valence-corrected chi connectivity index (χ3v) is 8.94. The Morgan fingerprint density at radius 2 is 0.964 bits per heavy atom. The Kier molecular flexibility index (Phi) is 5.86. The fourth-order valence-electron chi connectivity index (χ4n) is 3.63. The molecule has 0 aromatic heterocycles. The summed E-state index contributed by atoms with van der Waals surface area (Å²) in [6.45, 7) is 4.76. The molecular weight excluding hydrogens is 371 g/mol. The van der Waals surface area contributed by atoms with Gasteiger partial charge < -0.3 is 0 Å². The van der Waals surface area contributed by atoms with Crippen LogP contribution in [-0.4, -0.2) is 8.80 Å². The summed E-state index contributed by atoms with van der Waals surface area (Å²) >= 11 is 0. The largest absolute Gasteiger partial charge is 0.0799 e. The Bertz CT molecular complexity index is 1000. The maximum Gasteiger partial charge on any atom is 0.0799 e. The Balaban J connectivity index is 1.95. The predicted octanol–water partition coefficient (Wildman–Crippen LogP) is 5.07. The summed E-state index contributed by atoms with van der Waals surface area (Å²) in [7, 11) is -1.16.